The summed E-state index contributed by atoms with van der Waals surface area (Å²) in [5, 5.41) is 10.7. The number of nitrogens with one attached hydrogen (secondary N) is 1. The number of hydrogen-bond donors (Lipinski definition) is 2. The van der Waals surface area contributed by atoms with Gasteiger partial charge >= 0.3 is 0 Å². The summed E-state index contributed by atoms with van der Waals surface area (Å²) in [6.45, 7) is 5.57. The molecule has 28 heavy (non-hydrogen) atoms. The lowest BCUT2D eigenvalue weighted by molar-refractivity contribution is 0.0937. The molecule has 1 unspecified atom stereocenters. The van der Waals surface area contributed by atoms with Crippen molar-refractivity contribution < 1.29 is 9.59 Å². The number of hydrogen-bond acceptors (Lipinski definition) is 5. The Morgan fingerprint density at radius 1 is 1.21 bits per heavy atom. The summed E-state index contributed by atoms with van der Waals surface area (Å²) in [6.07, 6.45) is 1.58. The third kappa shape index (κ3) is 3.75. The fourth-order valence-electron chi connectivity index (χ4n) is 2.95. The number of aromatic nitrogens is 4. The summed E-state index contributed by atoms with van der Waals surface area (Å²) in [7, 11) is 1.81. The standard InChI is InChI=1S/C20H22N6O2/c1-11-8-16(18(21)27)17(23-12(11)2)14-6-5-7-15(9-14)20(28)24-13(3)19-25-22-10-26(19)4/h5-10,13H,1-4H3,(H2,21,27)(H,24,28). The van der Waals surface area contributed by atoms with Gasteiger partial charge in [-0.2, -0.15) is 0 Å². The van der Waals surface area contributed by atoms with Crippen molar-refractivity contribution in [3.8, 4) is 11.3 Å². The number of amides is 2. The molecule has 2 aromatic heterocycles. The van der Waals surface area contributed by atoms with Crippen LogP contribution in [0.2, 0.25) is 0 Å². The zero-order valence-electron chi connectivity index (χ0n) is 16.2. The van der Waals surface area contributed by atoms with Gasteiger partial charge in [-0.25, -0.2) is 0 Å². The van der Waals surface area contributed by atoms with Crippen molar-refractivity contribution in [3.63, 3.8) is 0 Å². The van der Waals surface area contributed by atoms with E-state index in [1.807, 2.05) is 27.8 Å². The second kappa shape index (κ2) is 7.59. The predicted octanol–water partition coefficient (Wildman–Crippen LogP) is 2.08. The number of benzene rings is 1. The molecule has 2 amide bonds. The number of nitrogens with two attached hydrogens (primary N) is 1. The van der Waals surface area contributed by atoms with E-state index in [4.69, 9.17) is 5.73 Å². The van der Waals surface area contributed by atoms with E-state index in [0.717, 1.165) is 11.3 Å². The molecule has 2 heterocycles. The summed E-state index contributed by atoms with van der Waals surface area (Å²) in [4.78, 5) is 29.1. The van der Waals surface area contributed by atoms with E-state index in [9.17, 15) is 9.59 Å². The summed E-state index contributed by atoms with van der Waals surface area (Å²) < 4.78 is 1.75. The van der Waals surface area contributed by atoms with Crippen LogP contribution in [0.3, 0.4) is 0 Å². The lowest BCUT2D eigenvalue weighted by Crippen LogP contribution is -2.28. The van der Waals surface area contributed by atoms with Crippen LogP contribution < -0.4 is 11.1 Å². The number of nitrogens with zero attached hydrogens (tertiary/aromatic N) is 4. The van der Waals surface area contributed by atoms with Gasteiger partial charge in [0.15, 0.2) is 5.82 Å². The Morgan fingerprint density at radius 3 is 2.61 bits per heavy atom. The van der Waals surface area contributed by atoms with Crippen molar-refractivity contribution in [1.29, 1.82) is 0 Å². The molecule has 0 saturated heterocycles. The number of pyridine rings is 1. The molecule has 0 bridgehead atoms. The van der Waals surface area contributed by atoms with Crippen molar-refractivity contribution in [3.05, 3.63) is 64.9 Å². The van der Waals surface area contributed by atoms with Gasteiger partial charge in [0.2, 0.25) is 0 Å². The maximum absolute atomic E-state index is 12.7. The number of rotatable bonds is 5. The molecule has 3 N–H and O–H groups in total. The highest BCUT2D eigenvalue weighted by molar-refractivity contribution is 6.00. The molecule has 3 aromatic rings. The largest absolute Gasteiger partial charge is 0.366 e. The van der Waals surface area contributed by atoms with Crippen LogP contribution in [0.15, 0.2) is 36.7 Å². The zero-order valence-corrected chi connectivity index (χ0v) is 16.2. The van der Waals surface area contributed by atoms with Crippen LogP contribution in [-0.2, 0) is 7.05 Å². The van der Waals surface area contributed by atoms with Gasteiger partial charge in [-0.05, 0) is 44.5 Å². The number of aryl methyl sites for hydroxylation is 3. The fourth-order valence-corrected chi connectivity index (χ4v) is 2.95. The lowest BCUT2D eigenvalue weighted by Gasteiger charge is -2.14. The minimum Gasteiger partial charge on any atom is -0.366 e. The summed E-state index contributed by atoms with van der Waals surface area (Å²) in [5.74, 6) is -0.172. The zero-order chi connectivity index (χ0) is 20.4. The van der Waals surface area contributed by atoms with Crippen molar-refractivity contribution in [2.75, 3.05) is 0 Å². The minimum absolute atomic E-state index is 0.262. The highest BCUT2D eigenvalue weighted by atomic mass is 16.2. The van der Waals surface area contributed by atoms with E-state index in [2.05, 4.69) is 20.5 Å². The van der Waals surface area contributed by atoms with E-state index in [0.29, 0.717) is 28.2 Å². The molecule has 144 valence electrons. The Balaban J connectivity index is 1.93. The molecule has 8 heteroatoms. The molecule has 0 spiro atoms. The van der Waals surface area contributed by atoms with Crippen LogP contribution in [0.4, 0.5) is 0 Å². The Morgan fingerprint density at radius 2 is 1.96 bits per heavy atom. The second-order valence-corrected chi connectivity index (χ2v) is 6.73. The van der Waals surface area contributed by atoms with Crippen LogP contribution in [-0.4, -0.2) is 31.6 Å². The highest BCUT2D eigenvalue weighted by Crippen LogP contribution is 2.25. The van der Waals surface area contributed by atoms with Gasteiger partial charge in [-0.1, -0.05) is 12.1 Å². The summed E-state index contributed by atoms with van der Waals surface area (Å²) >= 11 is 0. The maximum Gasteiger partial charge on any atom is 0.251 e. The number of carbonyl (C=O) groups excluding carboxylic acids is 2. The van der Waals surface area contributed by atoms with Crippen molar-refractivity contribution in [1.82, 2.24) is 25.1 Å². The number of carbonyl (C=O) groups is 2. The third-order valence-electron chi connectivity index (χ3n) is 4.61. The van der Waals surface area contributed by atoms with E-state index in [-0.39, 0.29) is 11.9 Å². The van der Waals surface area contributed by atoms with E-state index < -0.39 is 5.91 Å². The highest BCUT2D eigenvalue weighted by Gasteiger charge is 2.18. The van der Waals surface area contributed by atoms with Gasteiger partial charge in [0.25, 0.3) is 11.8 Å². The molecular formula is C20H22N6O2. The Bertz CT molecular complexity index is 1060. The Labute approximate surface area is 162 Å². The van der Waals surface area contributed by atoms with Crippen LogP contribution in [0.25, 0.3) is 11.3 Å². The topological polar surface area (TPSA) is 116 Å². The lowest BCUT2D eigenvalue weighted by atomic mass is 10.0. The third-order valence-corrected chi connectivity index (χ3v) is 4.61. The van der Waals surface area contributed by atoms with Gasteiger partial charge in [-0.15, -0.1) is 10.2 Å². The van der Waals surface area contributed by atoms with Crippen molar-refractivity contribution in [2.45, 2.75) is 26.8 Å². The Kier molecular flexibility index (Phi) is 5.21. The van der Waals surface area contributed by atoms with E-state index >= 15 is 0 Å². The maximum atomic E-state index is 12.7. The monoisotopic (exact) mass is 378 g/mol. The summed E-state index contributed by atoms with van der Waals surface area (Å²) in [5.41, 5.74) is 9.09. The normalized spacial score (nSPS) is 11.9. The fraction of sp³-hybridized carbons (Fsp3) is 0.250. The van der Waals surface area contributed by atoms with E-state index in [1.54, 1.807) is 41.2 Å². The van der Waals surface area contributed by atoms with Crippen LogP contribution in [0.5, 0.6) is 0 Å². The average molecular weight is 378 g/mol. The first kappa shape index (κ1) is 19.2. The quantitative estimate of drug-likeness (QED) is 0.705. The average Bonchev–Trinajstić information content (AvgIpc) is 3.09. The molecule has 0 fully saturated rings. The second-order valence-electron chi connectivity index (χ2n) is 6.73. The van der Waals surface area contributed by atoms with Crippen LogP contribution >= 0.6 is 0 Å². The molecule has 0 saturated carbocycles. The molecule has 8 nitrogen and oxygen atoms in total. The smallest absolute Gasteiger partial charge is 0.251 e. The van der Waals surface area contributed by atoms with Gasteiger partial charge in [0.1, 0.15) is 6.33 Å². The molecule has 0 aliphatic rings. The van der Waals surface area contributed by atoms with Gasteiger partial charge in [0, 0.05) is 23.9 Å². The molecule has 1 atom stereocenters. The minimum atomic E-state index is -0.559. The molecule has 1 aromatic carbocycles. The molecule has 0 radical (unpaired) electrons. The van der Waals surface area contributed by atoms with Crippen LogP contribution in [0, 0.1) is 13.8 Å². The van der Waals surface area contributed by atoms with Crippen molar-refractivity contribution >= 4 is 11.8 Å². The first-order valence-electron chi connectivity index (χ1n) is 8.81. The van der Waals surface area contributed by atoms with Gasteiger partial charge < -0.3 is 15.6 Å². The molecule has 0 aliphatic heterocycles. The van der Waals surface area contributed by atoms with Crippen molar-refractivity contribution in [2.24, 2.45) is 12.8 Å². The molecule has 0 aliphatic carbocycles. The molecular weight excluding hydrogens is 356 g/mol. The van der Waals surface area contributed by atoms with Gasteiger partial charge in [0.05, 0.1) is 17.3 Å². The van der Waals surface area contributed by atoms with E-state index in [1.165, 1.54) is 0 Å². The van der Waals surface area contributed by atoms with Crippen LogP contribution in [0.1, 0.15) is 50.8 Å². The van der Waals surface area contributed by atoms with Gasteiger partial charge in [-0.3, -0.25) is 14.6 Å². The number of primary amides is 1. The predicted molar refractivity (Wildman–Crippen MR) is 105 cm³/mol. The molecule has 3 rings (SSSR count). The first-order chi connectivity index (χ1) is 13.3. The summed E-state index contributed by atoms with van der Waals surface area (Å²) in [6, 6.07) is 8.36. The Hall–Kier alpha value is -3.55. The SMILES string of the molecule is Cc1cc(C(N)=O)c(-c2cccc(C(=O)NC(C)c3nncn3C)c2)nc1C. The first-order valence-corrected chi connectivity index (χ1v) is 8.81.